The summed E-state index contributed by atoms with van der Waals surface area (Å²) in [4.78, 5) is 0. The van der Waals surface area contributed by atoms with Crippen LogP contribution in [-0.2, 0) is 4.74 Å². The molecule has 9 heavy (non-hydrogen) atoms. The van der Waals surface area contributed by atoms with Gasteiger partial charge in [0.1, 0.15) is 0 Å². The molecule has 0 saturated carbocycles. The highest BCUT2D eigenvalue weighted by Crippen LogP contribution is 2.00. The van der Waals surface area contributed by atoms with Crippen LogP contribution in [0.5, 0.6) is 0 Å². The standard InChI is InChI=1S/C6H13NO.BrH/c1-5-6(2)8-4-3-7-5;/h5-7H,3-4H2,1-2H3;1H/t5-,6-;/m1./s1. The maximum absolute atomic E-state index is 5.33. The minimum Gasteiger partial charge on any atom is -0.376 e. The smallest absolute Gasteiger partial charge is 0.0697 e. The molecule has 0 amide bonds. The molecule has 1 aliphatic rings. The van der Waals surface area contributed by atoms with Crippen LogP contribution >= 0.6 is 17.0 Å². The Labute approximate surface area is 66.7 Å². The van der Waals surface area contributed by atoms with Crippen LogP contribution in [-0.4, -0.2) is 25.3 Å². The molecule has 0 radical (unpaired) electrons. The molecule has 1 aliphatic heterocycles. The zero-order chi connectivity index (χ0) is 5.98. The summed E-state index contributed by atoms with van der Waals surface area (Å²) >= 11 is 0. The lowest BCUT2D eigenvalue weighted by Crippen LogP contribution is -2.44. The zero-order valence-electron chi connectivity index (χ0n) is 5.89. The number of nitrogens with one attached hydrogen (secondary N) is 1. The number of morpholine rings is 1. The normalized spacial score (nSPS) is 35.3. The number of halogens is 1. The van der Waals surface area contributed by atoms with E-state index in [1.54, 1.807) is 0 Å². The largest absolute Gasteiger partial charge is 0.376 e. The molecule has 1 N–H and O–H groups in total. The van der Waals surface area contributed by atoms with Crippen LogP contribution in [0.15, 0.2) is 0 Å². The predicted octanol–water partition coefficient (Wildman–Crippen LogP) is 0.961. The van der Waals surface area contributed by atoms with Crippen molar-refractivity contribution in [3.8, 4) is 0 Å². The number of rotatable bonds is 0. The highest BCUT2D eigenvalue weighted by molar-refractivity contribution is 8.93. The molecule has 0 aromatic carbocycles. The molecule has 1 rings (SSSR count). The summed E-state index contributed by atoms with van der Waals surface area (Å²) in [6.07, 6.45) is 0.392. The fourth-order valence-corrected chi connectivity index (χ4v) is 0.842. The molecule has 1 saturated heterocycles. The fraction of sp³-hybridized carbons (Fsp3) is 1.00. The van der Waals surface area contributed by atoms with E-state index in [1.165, 1.54) is 0 Å². The minimum absolute atomic E-state index is 0. The Morgan fingerprint density at radius 1 is 1.44 bits per heavy atom. The first kappa shape index (κ1) is 9.40. The van der Waals surface area contributed by atoms with Gasteiger partial charge in [-0.25, -0.2) is 0 Å². The molecular weight excluding hydrogens is 182 g/mol. The van der Waals surface area contributed by atoms with Gasteiger partial charge in [0.25, 0.3) is 0 Å². The van der Waals surface area contributed by atoms with Gasteiger partial charge >= 0.3 is 0 Å². The first-order valence-electron chi connectivity index (χ1n) is 3.15. The van der Waals surface area contributed by atoms with Gasteiger partial charge in [-0.1, -0.05) is 0 Å². The third kappa shape index (κ3) is 2.65. The maximum Gasteiger partial charge on any atom is 0.0697 e. The summed E-state index contributed by atoms with van der Waals surface area (Å²) in [6.45, 7) is 6.11. The monoisotopic (exact) mass is 195 g/mol. The predicted molar refractivity (Wildman–Crippen MR) is 43.2 cm³/mol. The van der Waals surface area contributed by atoms with Gasteiger partial charge in [0, 0.05) is 12.6 Å². The molecule has 1 fully saturated rings. The first-order chi connectivity index (χ1) is 3.80. The van der Waals surface area contributed by atoms with Crippen molar-refractivity contribution in [3.05, 3.63) is 0 Å². The van der Waals surface area contributed by atoms with E-state index in [-0.39, 0.29) is 17.0 Å². The van der Waals surface area contributed by atoms with E-state index in [0.29, 0.717) is 12.1 Å². The van der Waals surface area contributed by atoms with E-state index in [1.807, 2.05) is 0 Å². The molecule has 0 spiro atoms. The van der Waals surface area contributed by atoms with Crippen molar-refractivity contribution >= 4 is 17.0 Å². The highest BCUT2D eigenvalue weighted by atomic mass is 79.9. The summed E-state index contributed by atoms with van der Waals surface area (Å²) in [6, 6.07) is 0.531. The van der Waals surface area contributed by atoms with Crippen molar-refractivity contribution in [2.45, 2.75) is 26.0 Å². The van der Waals surface area contributed by atoms with Crippen LogP contribution in [0, 0.1) is 0 Å². The Morgan fingerprint density at radius 2 is 2.11 bits per heavy atom. The molecule has 0 aromatic rings. The van der Waals surface area contributed by atoms with E-state index in [9.17, 15) is 0 Å². The van der Waals surface area contributed by atoms with Crippen molar-refractivity contribution in [1.29, 1.82) is 0 Å². The topological polar surface area (TPSA) is 21.3 Å². The van der Waals surface area contributed by atoms with Crippen molar-refractivity contribution < 1.29 is 4.74 Å². The molecule has 2 nitrogen and oxygen atoms in total. The Balaban J connectivity index is 0.000000640. The van der Waals surface area contributed by atoms with Gasteiger partial charge in [-0.3, -0.25) is 0 Å². The van der Waals surface area contributed by atoms with Crippen LogP contribution in [0.25, 0.3) is 0 Å². The summed E-state index contributed by atoms with van der Waals surface area (Å²) in [5, 5.41) is 3.31. The average molecular weight is 196 g/mol. The van der Waals surface area contributed by atoms with Gasteiger partial charge in [0.05, 0.1) is 12.7 Å². The molecule has 1 heterocycles. The second-order valence-corrected chi connectivity index (χ2v) is 2.32. The molecular formula is C6H14BrNO. The molecule has 0 aliphatic carbocycles. The van der Waals surface area contributed by atoms with Crippen molar-refractivity contribution in [1.82, 2.24) is 5.32 Å². The summed E-state index contributed by atoms with van der Waals surface area (Å²) in [7, 11) is 0. The summed E-state index contributed by atoms with van der Waals surface area (Å²) in [5.74, 6) is 0. The average Bonchev–Trinajstić information content (AvgIpc) is 1.77. The first-order valence-corrected chi connectivity index (χ1v) is 3.15. The lowest BCUT2D eigenvalue weighted by atomic mass is 10.2. The Hall–Kier alpha value is 0.400. The van der Waals surface area contributed by atoms with Gasteiger partial charge in [-0.05, 0) is 13.8 Å². The van der Waals surface area contributed by atoms with Gasteiger partial charge in [-0.15, -0.1) is 17.0 Å². The SMILES string of the molecule is Br.C[C@H]1NCCO[C@@H]1C. The Kier molecular flexibility index (Phi) is 4.44. The second kappa shape index (κ2) is 4.25. The van der Waals surface area contributed by atoms with E-state index in [0.717, 1.165) is 13.2 Å². The molecule has 2 atom stereocenters. The molecule has 3 heteroatoms. The van der Waals surface area contributed by atoms with Crippen LogP contribution in [0.3, 0.4) is 0 Å². The molecule has 56 valence electrons. The van der Waals surface area contributed by atoms with E-state index < -0.39 is 0 Å². The van der Waals surface area contributed by atoms with Crippen LogP contribution in [0.2, 0.25) is 0 Å². The van der Waals surface area contributed by atoms with E-state index >= 15 is 0 Å². The van der Waals surface area contributed by atoms with E-state index in [2.05, 4.69) is 19.2 Å². The van der Waals surface area contributed by atoms with Crippen molar-refractivity contribution in [3.63, 3.8) is 0 Å². The Morgan fingerprint density at radius 3 is 2.44 bits per heavy atom. The summed E-state index contributed by atoms with van der Waals surface area (Å²) < 4.78 is 5.33. The third-order valence-corrected chi connectivity index (χ3v) is 1.65. The van der Waals surface area contributed by atoms with Gasteiger partial charge in [0.15, 0.2) is 0 Å². The zero-order valence-corrected chi connectivity index (χ0v) is 7.60. The molecule has 0 bridgehead atoms. The van der Waals surface area contributed by atoms with Gasteiger partial charge in [-0.2, -0.15) is 0 Å². The van der Waals surface area contributed by atoms with Crippen LogP contribution in [0.4, 0.5) is 0 Å². The van der Waals surface area contributed by atoms with Crippen molar-refractivity contribution in [2.75, 3.05) is 13.2 Å². The lowest BCUT2D eigenvalue weighted by molar-refractivity contribution is 0.0135. The second-order valence-electron chi connectivity index (χ2n) is 2.32. The minimum atomic E-state index is 0. The molecule has 0 unspecified atom stereocenters. The van der Waals surface area contributed by atoms with Crippen LogP contribution in [0.1, 0.15) is 13.8 Å². The van der Waals surface area contributed by atoms with Gasteiger partial charge in [0.2, 0.25) is 0 Å². The maximum atomic E-state index is 5.33. The quantitative estimate of drug-likeness (QED) is 0.623. The van der Waals surface area contributed by atoms with Crippen molar-refractivity contribution in [2.24, 2.45) is 0 Å². The number of hydrogen-bond acceptors (Lipinski definition) is 2. The number of hydrogen-bond donors (Lipinski definition) is 1. The Bertz CT molecular complexity index is 69.5. The number of ether oxygens (including phenoxy) is 1. The van der Waals surface area contributed by atoms with E-state index in [4.69, 9.17) is 4.74 Å². The lowest BCUT2D eigenvalue weighted by Gasteiger charge is -2.26. The summed E-state index contributed by atoms with van der Waals surface area (Å²) in [5.41, 5.74) is 0. The van der Waals surface area contributed by atoms with Crippen LogP contribution < -0.4 is 5.32 Å². The molecule has 0 aromatic heterocycles. The van der Waals surface area contributed by atoms with Gasteiger partial charge < -0.3 is 10.1 Å². The third-order valence-electron chi connectivity index (χ3n) is 1.65. The highest BCUT2D eigenvalue weighted by Gasteiger charge is 2.15. The fourth-order valence-electron chi connectivity index (χ4n) is 0.842.